The Hall–Kier alpha value is -0.650. The van der Waals surface area contributed by atoms with Gasteiger partial charge in [0.05, 0.1) is 6.04 Å². The minimum Gasteiger partial charge on any atom is -0.357 e. The van der Waals surface area contributed by atoms with Gasteiger partial charge in [-0.1, -0.05) is 0 Å². The largest absolute Gasteiger partial charge is 0.357 e. The van der Waals surface area contributed by atoms with E-state index in [4.69, 9.17) is 10.2 Å². The van der Waals surface area contributed by atoms with Crippen LogP contribution < -0.4 is 10.9 Å². The van der Waals surface area contributed by atoms with Crippen molar-refractivity contribution in [2.75, 3.05) is 0 Å². The third-order valence-electron chi connectivity index (χ3n) is 1.34. The van der Waals surface area contributed by atoms with Gasteiger partial charge in [-0.05, 0) is 6.92 Å². The van der Waals surface area contributed by atoms with Gasteiger partial charge in [0.25, 0.3) is 11.7 Å². The number of rotatable bonds is 0. The predicted molar refractivity (Wildman–Crippen MR) is 27.9 cm³/mol. The van der Waals surface area contributed by atoms with Crippen LogP contribution in [0.5, 0.6) is 0 Å². The summed E-state index contributed by atoms with van der Waals surface area (Å²) in [4.78, 5) is 10.4. The molecule has 1 aliphatic rings. The topological polar surface area (TPSA) is 81.6 Å². The van der Waals surface area contributed by atoms with Gasteiger partial charge in [0.15, 0.2) is 0 Å². The van der Waals surface area contributed by atoms with Crippen LogP contribution in [-0.4, -0.2) is 27.9 Å². The van der Waals surface area contributed by atoms with Gasteiger partial charge in [-0.2, -0.15) is 0 Å². The smallest absolute Gasteiger partial charge is 0.295 e. The van der Waals surface area contributed by atoms with Gasteiger partial charge < -0.3 is 10.2 Å². The van der Waals surface area contributed by atoms with E-state index in [1.165, 1.54) is 6.92 Å². The highest BCUT2D eigenvalue weighted by Gasteiger charge is 2.44. The molecule has 0 aliphatic carbocycles. The van der Waals surface area contributed by atoms with Crippen molar-refractivity contribution in [3.05, 3.63) is 0 Å². The van der Waals surface area contributed by atoms with E-state index in [1.807, 2.05) is 0 Å². The van der Waals surface area contributed by atoms with Gasteiger partial charge in [-0.15, -0.1) is 0 Å². The van der Waals surface area contributed by atoms with Crippen LogP contribution in [-0.2, 0) is 4.79 Å². The van der Waals surface area contributed by atoms with E-state index in [0.717, 1.165) is 0 Å². The van der Waals surface area contributed by atoms with Gasteiger partial charge in [-0.3, -0.25) is 10.2 Å². The van der Waals surface area contributed by atoms with Gasteiger partial charge in [0.2, 0.25) is 0 Å². The standard InChI is InChI=1S/C4H8N2O3/c1-2-4(8,9)3(7)6-5-2/h2,5,8-9H,1H3,(H,6,7). The number of carbonyl (C=O) groups excluding carboxylic acids is 1. The molecule has 0 radical (unpaired) electrons. The molecule has 5 heteroatoms. The summed E-state index contributed by atoms with van der Waals surface area (Å²) < 4.78 is 0. The minimum atomic E-state index is -2.25. The summed E-state index contributed by atoms with van der Waals surface area (Å²) in [5.41, 5.74) is 4.43. The summed E-state index contributed by atoms with van der Waals surface area (Å²) in [5.74, 6) is -3.06. The zero-order chi connectivity index (χ0) is 7.07. The molecule has 0 aromatic carbocycles. The summed E-state index contributed by atoms with van der Waals surface area (Å²) >= 11 is 0. The predicted octanol–water partition coefficient (Wildman–Crippen LogP) is -2.31. The second kappa shape index (κ2) is 1.66. The molecule has 1 unspecified atom stereocenters. The van der Waals surface area contributed by atoms with Crippen LogP contribution in [0, 0.1) is 0 Å². The Morgan fingerprint density at radius 3 is 2.33 bits per heavy atom. The van der Waals surface area contributed by atoms with Crippen molar-refractivity contribution in [3.8, 4) is 0 Å². The molecular formula is C4H8N2O3. The summed E-state index contributed by atoms with van der Waals surface area (Å²) in [5, 5.41) is 17.6. The first-order valence-electron chi connectivity index (χ1n) is 2.56. The SMILES string of the molecule is CC1NNC(=O)C1(O)O. The van der Waals surface area contributed by atoms with Crippen LogP contribution in [0.2, 0.25) is 0 Å². The van der Waals surface area contributed by atoms with Crippen LogP contribution >= 0.6 is 0 Å². The van der Waals surface area contributed by atoms with E-state index >= 15 is 0 Å². The number of aliphatic hydroxyl groups is 2. The number of hydrogen-bond acceptors (Lipinski definition) is 4. The lowest BCUT2D eigenvalue weighted by Crippen LogP contribution is -2.44. The van der Waals surface area contributed by atoms with E-state index in [2.05, 4.69) is 10.9 Å². The van der Waals surface area contributed by atoms with Gasteiger partial charge in [-0.25, -0.2) is 5.43 Å². The summed E-state index contributed by atoms with van der Waals surface area (Å²) in [6, 6.07) is -0.662. The molecule has 1 fully saturated rings. The van der Waals surface area contributed by atoms with E-state index in [0.29, 0.717) is 0 Å². The Balaban J connectivity index is 2.78. The van der Waals surface area contributed by atoms with E-state index in [1.54, 1.807) is 0 Å². The zero-order valence-corrected chi connectivity index (χ0v) is 4.88. The molecule has 0 aromatic rings. The number of amides is 1. The first-order chi connectivity index (χ1) is 4.05. The summed E-state index contributed by atoms with van der Waals surface area (Å²) in [6.07, 6.45) is 0. The molecular weight excluding hydrogens is 124 g/mol. The normalized spacial score (nSPS) is 32.3. The Morgan fingerprint density at radius 1 is 1.67 bits per heavy atom. The molecule has 0 spiro atoms. The zero-order valence-electron chi connectivity index (χ0n) is 4.88. The lowest BCUT2D eigenvalue weighted by atomic mass is 10.1. The second-order valence-electron chi connectivity index (χ2n) is 2.05. The van der Waals surface area contributed by atoms with Crippen molar-refractivity contribution >= 4 is 5.91 Å². The number of hydrogen-bond donors (Lipinski definition) is 4. The Labute approximate surface area is 51.6 Å². The average Bonchev–Trinajstić information content (AvgIpc) is 1.96. The van der Waals surface area contributed by atoms with Gasteiger partial charge in [0.1, 0.15) is 0 Å². The molecule has 9 heavy (non-hydrogen) atoms. The maximum absolute atomic E-state index is 10.4. The minimum absolute atomic E-state index is 0.662. The Bertz CT molecular complexity index is 145. The molecule has 5 nitrogen and oxygen atoms in total. The average molecular weight is 132 g/mol. The highest BCUT2D eigenvalue weighted by molar-refractivity contribution is 5.85. The quantitative estimate of drug-likeness (QED) is 0.279. The second-order valence-corrected chi connectivity index (χ2v) is 2.05. The highest BCUT2D eigenvalue weighted by atomic mass is 16.5. The third kappa shape index (κ3) is 0.787. The van der Waals surface area contributed by atoms with Crippen molar-refractivity contribution in [3.63, 3.8) is 0 Å². The van der Waals surface area contributed by atoms with Crippen LogP contribution in [0.1, 0.15) is 6.92 Å². The number of carbonyl (C=O) groups is 1. The van der Waals surface area contributed by atoms with Crippen LogP contribution in [0.15, 0.2) is 0 Å². The van der Waals surface area contributed by atoms with Gasteiger partial charge >= 0.3 is 0 Å². The summed E-state index contributed by atoms with van der Waals surface area (Å²) in [7, 11) is 0. The van der Waals surface area contributed by atoms with Crippen molar-refractivity contribution < 1.29 is 15.0 Å². The molecule has 52 valence electrons. The molecule has 1 rings (SSSR count). The maximum atomic E-state index is 10.4. The Morgan fingerprint density at radius 2 is 2.22 bits per heavy atom. The van der Waals surface area contributed by atoms with Crippen molar-refractivity contribution in [1.82, 2.24) is 10.9 Å². The summed E-state index contributed by atoms with van der Waals surface area (Å²) in [6.45, 7) is 1.48. The van der Waals surface area contributed by atoms with Crippen LogP contribution in [0.3, 0.4) is 0 Å². The molecule has 1 aliphatic heterocycles. The molecule has 1 amide bonds. The van der Waals surface area contributed by atoms with Crippen molar-refractivity contribution in [2.45, 2.75) is 18.8 Å². The molecule has 1 atom stereocenters. The molecule has 0 bridgehead atoms. The third-order valence-corrected chi connectivity index (χ3v) is 1.34. The molecule has 1 heterocycles. The van der Waals surface area contributed by atoms with Crippen LogP contribution in [0.25, 0.3) is 0 Å². The fourth-order valence-corrected chi connectivity index (χ4v) is 0.563. The number of hydrazine groups is 1. The lowest BCUT2D eigenvalue weighted by Gasteiger charge is -2.14. The first-order valence-corrected chi connectivity index (χ1v) is 2.56. The van der Waals surface area contributed by atoms with Gasteiger partial charge in [0, 0.05) is 0 Å². The molecule has 0 aromatic heterocycles. The number of nitrogens with one attached hydrogen (secondary N) is 2. The van der Waals surface area contributed by atoms with Crippen LogP contribution in [0.4, 0.5) is 0 Å². The molecule has 4 N–H and O–H groups in total. The fourth-order valence-electron chi connectivity index (χ4n) is 0.563. The lowest BCUT2D eigenvalue weighted by molar-refractivity contribution is -0.180. The van der Waals surface area contributed by atoms with E-state index < -0.39 is 17.7 Å². The van der Waals surface area contributed by atoms with E-state index in [-0.39, 0.29) is 0 Å². The highest BCUT2D eigenvalue weighted by Crippen LogP contribution is 2.09. The maximum Gasteiger partial charge on any atom is 0.295 e. The Kier molecular flexibility index (Phi) is 1.20. The molecule has 1 saturated heterocycles. The monoisotopic (exact) mass is 132 g/mol. The molecule has 0 saturated carbocycles. The van der Waals surface area contributed by atoms with E-state index in [9.17, 15) is 4.79 Å². The van der Waals surface area contributed by atoms with Crippen molar-refractivity contribution in [2.24, 2.45) is 0 Å². The van der Waals surface area contributed by atoms with Crippen molar-refractivity contribution in [1.29, 1.82) is 0 Å². The fraction of sp³-hybridized carbons (Fsp3) is 0.750. The first kappa shape index (κ1) is 6.47.